The van der Waals surface area contributed by atoms with Crippen LogP contribution in [0.15, 0.2) is 59.0 Å². The van der Waals surface area contributed by atoms with Gasteiger partial charge in [0.25, 0.3) is 5.89 Å². The van der Waals surface area contributed by atoms with E-state index in [1.165, 1.54) is 6.07 Å². The first-order valence-electron chi connectivity index (χ1n) is 8.95. The normalized spacial score (nSPS) is 11.0. The molecule has 0 aliphatic heterocycles. The Kier molecular flexibility index (Phi) is 5.92. The van der Waals surface area contributed by atoms with Gasteiger partial charge in [0, 0.05) is 11.3 Å². The SMILES string of the molecule is CC(C)(C)OC(=O)Nc1cccc(C(=O)OCc2nnc(-c3ccccc3)o2)c1. The molecule has 0 saturated carbocycles. The summed E-state index contributed by atoms with van der Waals surface area (Å²) in [7, 11) is 0. The maximum absolute atomic E-state index is 12.3. The van der Waals surface area contributed by atoms with Crippen molar-refractivity contribution in [2.75, 3.05) is 5.32 Å². The largest absolute Gasteiger partial charge is 0.452 e. The molecule has 3 rings (SSSR count). The number of amides is 1. The molecule has 0 saturated heterocycles. The molecule has 1 heterocycles. The van der Waals surface area contributed by atoms with Gasteiger partial charge >= 0.3 is 12.1 Å². The Hall–Kier alpha value is -3.68. The molecule has 150 valence electrons. The average Bonchev–Trinajstić information content (AvgIpc) is 3.14. The van der Waals surface area contributed by atoms with Gasteiger partial charge in [-0.2, -0.15) is 0 Å². The van der Waals surface area contributed by atoms with E-state index in [1.54, 1.807) is 39.0 Å². The number of carbonyl (C=O) groups excluding carboxylic acids is 2. The number of aromatic nitrogens is 2. The lowest BCUT2D eigenvalue weighted by Crippen LogP contribution is -2.27. The summed E-state index contributed by atoms with van der Waals surface area (Å²) >= 11 is 0. The summed E-state index contributed by atoms with van der Waals surface area (Å²) in [5.41, 5.74) is 0.834. The van der Waals surface area contributed by atoms with Crippen LogP contribution in [0, 0.1) is 0 Å². The minimum atomic E-state index is -0.622. The summed E-state index contributed by atoms with van der Waals surface area (Å²) in [4.78, 5) is 24.2. The number of anilines is 1. The van der Waals surface area contributed by atoms with Crippen molar-refractivity contribution in [2.24, 2.45) is 0 Å². The molecule has 0 fully saturated rings. The fourth-order valence-corrected chi connectivity index (χ4v) is 2.37. The summed E-state index contributed by atoms with van der Waals surface area (Å²) in [5, 5.41) is 10.4. The third kappa shape index (κ3) is 5.90. The lowest BCUT2D eigenvalue weighted by Gasteiger charge is -2.19. The highest BCUT2D eigenvalue weighted by Crippen LogP contribution is 2.18. The Morgan fingerprint density at radius 1 is 1.03 bits per heavy atom. The van der Waals surface area contributed by atoms with Crippen molar-refractivity contribution in [3.8, 4) is 11.5 Å². The monoisotopic (exact) mass is 395 g/mol. The van der Waals surface area contributed by atoms with Crippen LogP contribution in [0.25, 0.3) is 11.5 Å². The number of ether oxygens (including phenoxy) is 2. The molecule has 8 heteroatoms. The molecule has 3 aromatic rings. The van der Waals surface area contributed by atoms with Gasteiger partial charge < -0.3 is 13.9 Å². The fraction of sp³-hybridized carbons (Fsp3) is 0.238. The number of esters is 1. The molecule has 1 amide bonds. The van der Waals surface area contributed by atoms with Gasteiger partial charge in [-0.15, -0.1) is 10.2 Å². The van der Waals surface area contributed by atoms with Gasteiger partial charge in [0.1, 0.15) is 5.60 Å². The predicted octanol–water partition coefficient (Wildman–Crippen LogP) is 4.44. The van der Waals surface area contributed by atoms with Crippen LogP contribution in [-0.4, -0.2) is 27.9 Å². The second-order valence-electron chi connectivity index (χ2n) is 7.15. The first kappa shape index (κ1) is 20.1. The number of nitrogens with zero attached hydrogens (tertiary/aromatic N) is 2. The fourth-order valence-electron chi connectivity index (χ4n) is 2.37. The molecule has 0 aliphatic carbocycles. The summed E-state index contributed by atoms with van der Waals surface area (Å²) < 4.78 is 15.9. The van der Waals surface area contributed by atoms with E-state index in [4.69, 9.17) is 13.9 Å². The van der Waals surface area contributed by atoms with Crippen LogP contribution >= 0.6 is 0 Å². The van der Waals surface area contributed by atoms with Gasteiger partial charge in [-0.1, -0.05) is 24.3 Å². The highest BCUT2D eigenvalue weighted by molar-refractivity contribution is 5.92. The number of hydrogen-bond donors (Lipinski definition) is 1. The molecular formula is C21H21N3O5. The molecule has 8 nitrogen and oxygen atoms in total. The van der Waals surface area contributed by atoms with Gasteiger partial charge in [0.2, 0.25) is 5.89 Å². The zero-order valence-corrected chi connectivity index (χ0v) is 16.3. The Balaban J connectivity index is 1.59. The molecule has 1 aromatic heterocycles. The Morgan fingerprint density at radius 2 is 1.79 bits per heavy atom. The van der Waals surface area contributed by atoms with Gasteiger partial charge in [0.05, 0.1) is 5.56 Å². The molecule has 2 aromatic carbocycles. The molecular weight excluding hydrogens is 374 g/mol. The average molecular weight is 395 g/mol. The van der Waals surface area contributed by atoms with E-state index in [0.29, 0.717) is 11.6 Å². The van der Waals surface area contributed by atoms with Crippen LogP contribution in [0.1, 0.15) is 37.0 Å². The van der Waals surface area contributed by atoms with Crippen molar-refractivity contribution < 1.29 is 23.5 Å². The van der Waals surface area contributed by atoms with E-state index >= 15 is 0 Å². The Morgan fingerprint density at radius 3 is 2.52 bits per heavy atom. The van der Waals surface area contributed by atoms with Crippen LogP contribution in [0.4, 0.5) is 10.5 Å². The Labute approximate surface area is 167 Å². The second kappa shape index (κ2) is 8.55. The lowest BCUT2D eigenvalue weighted by atomic mass is 10.2. The molecule has 0 unspecified atom stereocenters. The number of nitrogens with one attached hydrogen (secondary N) is 1. The topological polar surface area (TPSA) is 104 Å². The third-order valence-electron chi connectivity index (χ3n) is 3.56. The van der Waals surface area contributed by atoms with E-state index in [-0.39, 0.29) is 18.1 Å². The zero-order valence-electron chi connectivity index (χ0n) is 16.3. The predicted molar refractivity (Wildman–Crippen MR) is 105 cm³/mol. The maximum atomic E-state index is 12.3. The molecule has 29 heavy (non-hydrogen) atoms. The van der Waals surface area contributed by atoms with Crippen LogP contribution < -0.4 is 5.32 Å². The van der Waals surface area contributed by atoms with Crippen molar-refractivity contribution in [3.05, 3.63) is 66.1 Å². The minimum absolute atomic E-state index is 0.164. The highest BCUT2D eigenvalue weighted by atomic mass is 16.6. The van der Waals surface area contributed by atoms with E-state index in [9.17, 15) is 9.59 Å². The highest BCUT2D eigenvalue weighted by Gasteiger charge is 2.17. The van der Waals surface area contributed by atoms with Gasteiger partial charge in [-0.05, 0) is 51.1 Å². The van der Waals surface area contributed by atoms with E-state index < -0.39 is 17.7 Å². The van der Waals surface area contributed by atoms with Crippen molar-refractivity contribution >= 4 is 17.7 Å². The molecule has 0 spiro atoms. The van der Waals surface area contributed by atoms with Crippen LogP contribution in [0.5, 0.6) is 0 Å². The molecule has 1 N–H and O–H groups in total. The Bertz CT molecular complexity index is 993. The number of hydrogen-bond acceptors (Lipinski definition) is 7. The third-order valence-corrected chi connectivity index (χ3v) is 3.56. The molecule has 0 aliphatic rings. The maximum Gasteiger partial charge on any atom is 0.412 e. The molecule has 0 bridgehead atoms. The van der Waals surface area contributed by atoms with E-state index in [0.717, 1.165) is 5.56 Å². The molecule has 0 atom stereocenters. The van der Waals surface area contributed by atoms with Crippen LogP contribution in [0.2, 0.25) is 0 Å². The van der Waals surface area contributed by atoms with Crippen molar-refractivity contribution in [2.45, 2.75) is 33.0 Å². The summed E-state index contributed by atoms with van der Waals surface area (Å²) in [6.07, 6.45) is -0.609. The van der Waals surface area contributed by atoms with Crippen LogP contribution in [0.3, 0.4) is 0 Å². The van der Waals surface area contributed by atoms with Crippen molar-refractivity contribution in [3.63, 3.8) is 0 Å². The molecule has 0 radical (unpaired) electrons. The van der Waals surface area contributed by atoms with E-state index in [2.05, 4.69) is 15.5 Å². The lowest BCUT2D eigenvalue weighted by molar-refractivity contribution is 0.0438. The number of rotatable bonds is 5. The number of benzene rings is 2. The van der Waals surface area contributed by atoms with Crippen LogP contribution in [-0.2, 0) is 16.1 Å². The standard InChI is InChI=1S/C21H21N3O5/c1-21(2,3)29-20(26)22-16-11-7-10-15(12-16)19(25)27-13-17-23-24-18(28-17)14-8-5-4-6-9-14/h4-12H,13H2,1-3H3,(H,22,26). The van der Waals surface area contributed by atoms with E-state index in [1.807, 2.05) is 30.3 Å². The summed E-state index contributed by atoms with van der Waals surface area (Å²) in [6.45, 7) is 5.13. The van der Waals surface area contributed by atoms with Crippen molar-refractivity contribution in [1.29, 1.82) is 0 Å². The smallest absolute Gasteiger partial charge is 0.412 e. The number of carbonyl (C=O) groups is 2. The first-order chi connectivity index (χ1) is 13.8. The zero-order chi connectivity index (χ0) is 20.9. The van der Waals surface area contributed by atoms with Gasteiger partial charge in [0.15, 0.2) is 6.61 Å². The quantitative estimate of drug-likeness (QED) is 0.637. The summed E-state index contributed by atoms with van der Waals surface area (Å²) in [5.74, 6) is -0.0576. The van der Waals surface area contributed by atoms with Gasteiger partial charge in [-0.25, -0.2) is 9.59 Å². The minimum Gasteiger partial charge on any atom is -0.452 e. The van der Waals surface area contributed by atoms with Crippen molar-refractivity contribution in [1.82, 2.24) is 10.2 Å². The summed E-state index contributed by atoms with van der Waals surface area (Å²) in [6, 6.07) is 15.6. The second-order valence-corrected chi connectivity index (χ2v) is 7.15. The van der Waals surface area contributed by atoms with Gasteiger partial charge in [-0.3, -0.25) is 5.32 Å². The first-order valence-corrected chi connectivity index (χ1v) is 8.95.